The van der Waals surface area contributed by atoms with Gasteiger partial charge in [-0.1, -0.05) is 29.8 Å². The second-order valence-electron chi connectivity index (χ2n) is 7.29. The van der Waals surface area contributed by atoms with Gasteiger partial charge in [-0.3, -0.25) is 10.2 Å². The summed E-state index contributed by atoms with van der Waals surface area (Å²) in [5.74, 6) is -0.479. The van der Waals surface area contributed by atoms with Crippen LogP contribution in [-0.4, -0.2) is 36.9 Å². The number of aromatic carboxylic acids is 1. The molecule has 0 saturated carbocycles. The van der Waals surface area contributed by atoms with Crippen molar-refractivity contribution < 1.29 is 24.2 Å². The monoisotopic (exact) mass is 447 g/mol. The average molecular weight is 447 g/mol. The molecule has 0 aliphatic rings. The van der Waals surface area contributed by atoms with Crippen LogP contribution in [0, 0.1) is 13.8 Å². The van der Waals surface area contributed by atoms with E-state index in [0.717, 1.165) is 16.8 Å². The zero-order chi connectivity index (χ0) is 23.8. The highest BCUT2D eigenvalue weighted by Gasteiger charge is 2.10. The normalized spacial score (nSPS) is 10.6. The zero-order valence-electron chi connectivity index (χ0n) is 18.6. The number of methoxy groups -OCH3 is 1. The van der Waals surface area contributed by atoms with Crippen LogP contribution in [-0.2, 0) is 4.79 Å². The van der Waals surface area contributed by atoms with E-state index in [4.69, 9.17) is 9.47 Å². The maximum atomic E-state index is 12.3. The second kappa shape index (κ2) is 10.8. The molecule has 0 spiro atoms. The third kappa shape index (κ3) is 6.33. The molecule has 8 heteroatoms. The quantitative estimate of drug-likeness (QED) is 0.330. The first-order valence-electron chi connectivity index (χ1n) is 10.2. The number of nitrogens with zero attached hydrogens (tertiary/aromatic N) is 1. The van der Waals surface area contributed by atoms with Crippen molar-refractivity contribution in [1.29, 1.82) is 0 Å². The molecule has 3 aromatic rings. The number of hydrazone groups is 1. The molecule has 0 aromatic heterocycles. The first-order chi connectivity index (χ1) is 15.9. The van der Waals surface area contributed by atoms with Crippen LogP contribution in [0.2, 0.25) is 0 Å². The van der Waals surface area contributed by atoms with E-state index in [1.165, 1.54) is 19.4 Å². The minimum absolute atomic E-state index is 0.120. The van der Waals surface area contributed by atoms with Crippen LogP contribution in [0.25, 0.3) is 0 Å². The van der Waals surface area contributed by atoms with Crippen molar-refractivity contribution in [2.75, 3.05) is 24.5 Å². The van der Waals surface area contributed by atoms with Gasteiger partial charge < -0.3 is 19.9 Å². The van der Waals surface area contributed by atoms with Crippen molar-refractivity contribution >= 4 is 29.5 Å². The van der Waals surface area contributed by atoms with Gasteiger partial charge in [0.2, 0.25) is 0 Å². The summed E-state index contributed by atoms with van der Waals surface area (Å²) < 4.78 is 11.0. The molecule has 3 aromatic carbocycles. The topological polar surface area (TPSA) is 109 Å². The van der Waals surface area contributed by atoms with Gasteiger partial charge in [-0.15, -0.1) is 0 Å². The second-order valence-corrected chi connectivity index (χ2v) is 7.29. The molecule has 0 unspecified atom stereocenters. The summed E-state index contributed by atoms with van der Waals surface area (Å²) in [6.45, 7) is 3.75. The lowest BCUT2D eigenvalue weighted by atomic mass is 10.1. The predicted octanol–water partition coefficient (Wildman–Crippen LogP) is 4.47. The summed E-state index contributed by atoms with van der Waals surface area (Å²) in [6, 6.07) is 17.4. The molecule has 8 nitrogen and oxygen atoms in total. The smallest absolute Gasteiger partial charge is 0.337 e. The Kier molecular flexibility index (Phi) is 7.64. The molecule has 1 amide bonds. The first-order valence-corrected chi connectivity index (χ1v) is 10.2. The summed E-state index contributed by atoms with van der Waals surface area (Å²) in [6.07, 6.45) is 1.53. The summed E-state index contributed by atoms with van der Waals surface area (Å²) in [7, 11) is 1.50. The number of carboxylic acid groups (broad SMARTS) is 1. The number of hydrogen-bond donors (Lipinski definition) is 3. The number of para-hydroxylation sites is 1. The van der Waals surface area contributed by atoms with E-state index in [1.807, 2.05) is 32.0 Å². The van der Waals surface area contributed by atoms with E-state index >= 15 is 0 Å². The number of ether oxygens (including phenoxy) is 2. The fourth-order valence-electron chi connectivity index (χ4n) is 3.11. The summed E-state index contributed by atoms with van der Waals surface area (Å²) in [5, 5.41) is 16.2. The van der Waals surface area contributed by atoms with Crippen LogP contribution in [0.15, 0.2) is 65.8 Å². The lowest BCUT2D eigenvalue weighted by Crippen LogP contribution is -2.20. The molecule has 3 rings (SSSR count). The molecule has 3 N–H and O–H groups in total. The molecular weight excluding hydrogens is 422 g/mol. The highest BCUT2D eigenvalue weighted by molar-refractivity contribution is 5.94. The number of hydrogen-bond acceptors (Lipinski definition) is 6. The van der Waals surface area contributed by atoms with Crippen molar-refractivity contribution in [1.82, 2.24) is 0 Å². The van der Waals surface area contributed by atoms with Gasteiger partial charge in [-0.2, -0.15) is 5.10 Å². The number of anilines is 2. The van der Waals surface area contributed by atoms with Gasteiger partial charge in [0.15, 0.2) is 18.1 Å². The van der Waals surface area contributed by atoms with Gasteiger partial charge in [0.1, 0.15) is 0 Å². The summed E-state index contributed by atoms with van der Waals surface area (Å²) in [4.78, 5) is 23.6. The lowest BCUT2D eigenvalue weighted by Gasteiger charge is -2.12. The number of rotatable bonds is 9. The molecule has 0 fully saturated rings. The molecule has 33 heavy (non-hydrogen) atoms. The molecular formula is C25H25N3O5. The molecule has 170 valence electrons. The number of carboxylic acids is 1. The maximum absolute atomic E-state index is 12.3. The third-order valence-electron chi connectivity index (χ3n) is 4.76. The Bertz CT molecular complexity index is 1190. The van der Waals surface area contributed by atoms with E-state index < -0.39 is 5.97 Å². The molecule has 0 aliphatic carbocycles. The van der Waals surface area contributed by atoms with Crippen LogP contribution in [0.5, 0.6) is 11.5 Å². The Morgan fingerprint density at radius 2 is 1.79 bits per heavy atom. The fourth-order valence-corrected chi connectivity index (χ4v) is 3.11. The van der Waals surface area contributed by atoms with Crippen molar-refractivity contribution in [3.63, 3.8) is 0 Å². The molecule has 0 atom stereocenters. The Labute approximate surface area is 191 Å². The Morgan fingerprint density at radius 1 is 1.00 bits per heavy atom. The fraction of sp³-hybridized carbons (Fsp3) is 0.160. The number of amides is 1. The minimum Gasteiger partial charge on any atom is -0.493 e. The summed E-state index contributed by atoms with van der Waals surface area (Å²) >= 11 is 0. The van der Waals surface area contributed by atoms with Crippen molar-refractivity contribution in [2.24, 2.45) is 5.10 Å². The van der Waals surface area contributed by atoms with Gasteiger partial charge in [0.25, 0.3) is 5.91 Å². The molecule has 0 bridgehead atoms. The van der Waals surface area contributed by atoms with E-state index in [2.05, 4.69) is 15.8 Å². The number of carbonyl (C=O) groups is 2. The number of carbonyl (C=O) groups excluding carboxylic acids is 1. The van der Waals surface area contributed by atoms with Crippen LogP contribution >= 0.6 is 0 Å². The summed E-state index contributed by atoms with van der Waals surface area (Å²) in [5.41, 5.74) is 6.76. The lowest BCUT2D eigenvalue weighted by molar-refractivity contribution is -0.118. The number of benzene rings is 3. The van der Waals surface area contributed by atoms with Gasteiger partial charge in [0, 0.05) is 5.69 Å². The number of aryl methyl sites for hydroxylation is 2. The van der Waals surface area contributed by atoms with Gasteiger partial charge in [-0.25, -0.2) is 4.79 Å². The maximum Gasteiger partial charge on any atom is 0.337 e. The van der Waals surface area contributed by atoms with Crippen molar-refractivity contribution in [3.8, 4) is 11.5 Å². The Morgan fingerprint density at radius 3 is 2.52 bits per heavy atom. The van der Waals surface area contributed by atoms with Crippen molar-refractivity contribution in [3.05, 3.63) is 82.9 Å². The van der Waals surface area contributed by atoms with E-state index in [1.54, 1.807) is 36.4 Å². The third-order valence-corrected chi connectivity index (χ3v) is 4.76. The van der Waals surface area contributed by atoms with Crippen molar-refractivity contribution in [2.45, 2.75) is 13.8 Å². The van der Waals surface area contributed by atoms with E-state index in [0.29, 0.717) is 22.7 Å². The minimum atomic E-state index is -1.04. The van der Waals surface area contributed by atoms with Gasteiger partial charge >= 0.3 is 5.97 Å². The van der Waals surface area contributed by atoms with Gasteiger partial charge in [0.05, 0.1) is 24.6 Å². The van der Waals surface area contributed by atoms with Crippen LogP contribution in [0.1, 0.15) is 27.0 Å². The Balaban J connectivity index is 1.62. The number of nitrogens with one attached hydrogen (secondary N) is 2. The van der Waals surface area contributed by atoms with Crippen LogP contribution in [0.3, 0.4) is 0 Å². The Hall–Kier alpha value is -4.33. The predicted molar refractivity (Wildman–Crippen MR) is 128 cm³/mol. The van der Waals surface area contributed by atoms with E-state index in [9.17, 15) is 14.7 Å². The largest absolute Gasteiger partial charge is 0.493 e. The van der Waals surface area contributed by atoms with E-state index in [-0.39, 0.29) is 18.1 Å². The highest BCUT2D eigenvalue weighted by atomic mass is 16.5. The molecule has 0 radical (unpaired) electrons. The molecule has 0 saturated heterocycles. The average Bonchev–Trinajstić information content (AvgIpc) is 2.80. The highest BCUT2D eigenvalue weighted by Crippen LogP contribution is 2.28. The molecule has 0 aliphatic heterocycles. The first kappa shape index (κ1) is 23.3. The SMILES string of the molecule is COc1cc(/C=N/Nc2ccccc2C(=O)O)ccc1OCC(=O)Nc1ccc(C)cc1C. The standard InChI is InChI=1S/C25H25N3O5/c1-16-8-10-20(17(2)12-16)27-24(29)15-33-22-11-9-18(13-23(22)32-3)14-26-28-21-7-5-4-6-19(21)25(30)31/h4-14,28H,15H2,1-3H3,(H,27,29)(H,30,31)/b26-14+. The van der Waals surface area contributed by atoms with Crippen LogP contribution in [0.4, 0.5) is 11.4 Å². The van der Waals surface area contributed by atoms with Gasteiger partial charge in [-0.05, 0) is 61.4 Å². The zero-order valence-corrected chi connectivity index (χ0v) is 18.6. The van der Waals surface area contributed by atoms with Crippen LogP contribution < -0.4 is 20.2 Å². The molecule has 0 heterocycles.